The van der Waals surface area contributed by atoms with Gasteiger partial charge in [-0.05, 0) is 25.0 Å². The van der Waals surface area contributed by atoms with E-state index in [0.717, 1.165) is 12.1 Å². The molecule has 0 spiro atoms. The molecule has 4 nitrogen and oxygen atoms in total. The van der Waals surface area contributed by atoms with Crippen LogP contribution in [0.1, 0.15) is 18.1 Å². The van der Waals surface area contributed by atoms with E-state index in [-0.39, 0.29) is 6.42 Å². The summed E-state index contributed by atoms with van der Waals surface area (Å²) in [5.41, 5.74) is -0.355. The van der Waals surface area contributed by atoms with Crippen molar-refractivity contribution in [1.29, 1.82) is 0 Å². The molecule has 0 aliphatic heterocycles. The van der Waals surface area contributed by atoms with Crippen LogP contribution >= 0.6 is 0 Å². The van der Waals surface area contributed by atoms with E-state index in [1.807, 2.05) is 0 Å². The van der Waals surface area contributed by atoms with Crippen molar-refractivity contribution >= 4 is 6.03 Å². The number of carbonyl (C=O) groups is 1. The number of rotatable bonds is 3. The van der Waals surface area contributed by atoms with Gasteiger partial charge in [0.25, 0.3) is 0 Å². The molecular weight excluding hydrogens is 261 g/mol. The molecule has 0 aliphatic carbocycles. The molecule has 0 saturated heterocycles. The maximum Gasteiger partial charge on any atom is 0.416 e. The van der Waals surface area contributed by atoms with Gasteiger partial charge in [-0.1, -0.05) is 18.2 Å². The molecule has 0 heterocycles. The lowest BCUT2D eigenvalue weighted by molar-refractivity contribution is -0.137. The van der Waals surface area contributed by atoms with Crippen LogP contribution in [0.2, 0.25) is 0 Å². The van der Waals surface area contributed by atoms with Crippen molar-refractivity contribution in [1.82, 2.24) is 10.4 Å². The van der Waals surface area contributed by atoms with Gasteiger partial charge in [0.05, 0.1) is 11.6 Å². The van der Waals surface area contributed by atoms with E-state index in [0.29, 0.717) is 10.6 Å². The molecule has 1 unspecified atom stereocenters. The van der Waals surface area contributed by atoms with Crippen molar-refractivity contribution in [2.24, 2.45) is 0 Å². The van der Waals surface area contributed by atoms with E-state index in [9.17, 15) is 23.2 Å². The van der Waals surface area contributed by atoms with Crippen LogP contribution in [0.5, 0.6) is 0 Å². The van der Waals surface area contributed by atoms with E-state index in [2.05, 4.69) is 5.32 Å². The first-order valence-corrected chi connectivity index (χ1v) is 5.61. The summed E-state index contributed by atoms with van der Waals surface area (Å²) < 4.78 is 37.6. The number of urea groups is 1. The summed E-state index contributed by atoms with van der Waals surface area (Å²) in [4.78, 5) is 11.2. The molecule has 0 saturated carbocycles. The molecule has 106 valence electrons. The fourth-order valence-electron chi connectivity index (χ4n) is 1.62. The number of nitrogens with one attached hydrogen (secondary N) is 1. The third-order valence-electron chi connectivity index (χ3n) is 2.62. The Kier molecular flexibility index (Phi) is 4.77. The molecule has 2 N–H and O–H groups in total. The maximum absolute atomic E-state index is 12.5. The number of carbonyl (C=O) groups excluding carboxylic acids is 1. The Balaban J connectivity index is 2.80. The summed E-state index contributed by atoms with van der Waals surface area (Å²) in [6.45, 7) is 1.54. The third-order valence-corrected chi connectivity index (χ3v) is 2.62. The average Bonchev–Trinajstić information content (AvgIpc) is 2.36. The molecule has 1 rings (SSSR count). The molecule has 0 bridgehead atoms. The Labute approximate surface area is 108 Å². The smallest absolute Gasteiger partial charge is 0.339 e. The molecule has 2 amide bonds. The zero-order chi connectivity index (χ0) is 14.6. The largest absolute Gasteiger partial charge is 0.416 e. The number of benzene rings is 1. The van der Waals surface area contributed by atoms with Crippen molar-refractivity contribution in [3.05, 3.63) is 35.4 Å². The topological polar surface area (TPSA) is 52.6 Å². The minimum atomic E-state index is -4.40. The number of hydroxylamine groups is 2. The Morgan fingerprint density at radius 1 is 1.47 bits per heavy atom. The zero-order valence-corrected chi connectivity index (χ0v) is 10.5. The van der Waals surface area contributed by atoms with Gasteiger partial charge in [0.15, 0.2) is 0 Å². The minimum absolute atomic E-state index is 0.119. The van der Waals surface area contributed by atoms with Gasteiger partial charge in [0, 0.05) is 7.05 Å². The highest BCUT2D eigenvalue weighted by Crippen LogP contribution is 2.29. The third kappa shape index (κ3) is 4.13. The number of alkyl halides is 3. The van der Waals surface area contributed by atoms with Crippen LogP contribution in [0.3, 0.4) is 0 Å². The van der Waals surface area contributed by atoms with Crippen LogP contribution in [0, 0.1) is 0 Å². The Morgan fingerprint density at radius 2 is 2.11 bits per heavy atom. The van der Waals surface area contributed by atoms with Crippen LogP contribution in [0.25, 0.3) is 0 Å². The van der Waals surface area contributed by atoms with Gasteiger partial charge >= 0.3 is 12.2 Å². The summed E-state index contributed by atoms with van der Waals surface area (Å²) in [7, 11) is 1.35. The number of hydrogen-bond acceptors (Lipinski definition) is 2. The van der Waals surface area contributed by atoms with E-state index in [1.54, 1.807) is 0 Å². The lowest BCUT2D eigenvalue weighted by atomic mass is 10.0. The van der Waals surface area contributed by atoms with E-state index < -0.39 is 23.8 Å². The fourth-order valence-corrected chi connectivity index (χ4v) is 1.62. The first-order valence-electron chi connectivity index (χ1n) is 5.61. The van der Waals surface area contributed by atoms with Gasteiger partial charge in [-0.3, -0.25) is 5.21 Å². The molecule has 0 fully saturated rings. The van der Waals surface area contributed by atoms with Gasteiger partial charge in [-0.2, -0.15) is 13.2 Å². The van der Waals surface area contributed by atoms with Gasteiger partial charge < -0.3 is 5.32 Å². The molecule has 0 radical (unpaired) electrons. The summed E-state index contributed by atoms with van der Waals surface area (Å²) in [6, 6.07) is 3.45. The predicted molar refractivity (Wildman–Crippen MR) is 62.7 cm³/mol. The van der Waals surface area contributed by atoms with Gasteiger partial charge in [0.2, 0.25) is 0 Å². The normalized spacial score (nSPS) is 12.9. The van der Waals surface area contributed by atoms with Crippen LogP contribution in [-0.2, 0) is 12.6 Å². The Bertz CT molecular complexity index is 449. The van der Waals surface area contributed by atoms with Crippen molar-refractivity contribution in [2.75, 3.05) is 7.05 Å². The SMILES string of the molecule is CNC(=O)N(O)C(C)Cc1cccc(C(F)(F)F)c1. The van der Waals surface area contributed by atoms with Crippen molar-refractivity contribution in [2.45, 2.75) is 25.6 Å². The molecule has 0 aromatic heterocycles. The van der Waals surface area contributed by atoms with Crippen LogP contribution in [0.4, 0.5) is 18.0 Å². The highest BCUT2D eigenvalue weighted by molar-refractivity contribution is 5.72. The van der Waals surface area contributed by atoms with Crippen LogP contribution < -0.4 is 5.32 Å². The second-order valence-corrected chi connectivity index (χ2v) is 4.15. The number of amides is 2. The highest BCUT2D eigenvalue weighted by Gasteiger charge is 2.30. The van der Waals surface area contributed by atoms with E-state index in [4.69, 9.17) is 0 Å². The molecule has 0 aliphatic rings. The van der Waals surface area contributed by atoms with Gasteiger partial charge in [-0.15, -0.1) is 0 Å². The van der Waals surface area contributed by atoms with Gasteiger partial charge in [-0.25, -0.2) is 9.86 Å². The number of hydrogen-bond donors (Lipinski definition) is 2. The molecule has 1 aromatic carbocycles. The van der Waals surface area contributed by atoms with Gasteiger partial charge in [0.1, 0.15) is 0 Å². The zero-order valence-electron chi connectivity index (χ0n) is 10.5. The second kappa shape index (κ2) is 5.92. The summed E-state index contributed by atoms with van der Waals surface area (Å²) >= 11 is 0. The van der Waals surface area contributed by atoms with Crippen molar-refractivity contribution in [3.63, 3.8) is 0 Å². The summed E-state index contributed by atoms with van der Waals surface area (Å²) in [5.74, 6) is 0. The average molecular weight is 276 g/mol. The standard InChI is InChI=1S/C12H15F3N2O2/c1-8(17(19)11(18)16-2)6-9-4-3-5-10(7-9)12(13,14)15/h3-5,7-8,19H,6H2,1-2H3,(H,16,18). The first kappa shape index (κ1) is 15.3. The highest BCUT2D eigenvalue weighted by atomic mass is 19.4. The first-order chi connectivity index (χ1) is 8.75. The second-order valence-electron chi connectivity index (χ2n) is 4.15. The Hall–Kier alpha value is -1.76. The lowest BCUT2D eigenvalue weighted by Crippen LogP contribution is -2.42. The monoisotopic (exact) mass is 276 g/mol. The summed E-state index contributed by atoms with van der Waals surface area (Å²) in [6.07, 6.45) is -4.28. The quantitative estimate of drug-likeness (QED) is 0.658. The van der Waals surface area contributed by atoms with Crippen LogP contribution in [-0.4, -0.2) is 29.4 Å². The van der Waals surface area contributed by atoms with Crippen LogP contribution in [0.15, 0.2) is 24.3 Å². The van der Waals surface area contributed by atoms with E-state index in [1.165, 1.54) is 26.1 Å². The summed E-state index contributed by atoms with van der Waals surface area (Å²) in [5, 5.41) is 12.2. The fraction of sp³-hybridized carbons (Fsp3) is 0.417. The molecule has 1 aromatic rings. The molecule has 19 heavy (non-hydrogen) atoms. The predicted octanol–water partition coefficient (Wildman–Crippen LogP) is 2.67. The van der Waals surface area contributed by atoms with Crippen molar-refractivity contribution < 1.29 is 23.2 Å². The number of nitrogens with zero attached hydrogens (tertiary/aromatic N) is 1. The Morgan fingerprint density at radius 3 is 2.63 bits per heavy atom. The maximum atomic E-state index is 12.5. The molecular formula is C12H15F3N2O2. The lowest BCUT2D eigenvalue weighted by Gasteiger charge is -2.22. The molecule has 7 heteroatoms. The molecule has 1 atom stereocenters. The van der Waals surface area contributed by atoms with E-state index >= 15 is 0 Å². The number of halogens is 3. The van der Waals surface area contributed by atoms with Crippen molar-refractivity contribution in [3.8, 4) is 0 Å². The minimum Gasteiger partial charge on any atom is -0.339 e.